The molecule has 0 atom stereocenters. The first-order chi connectivity index (χ1) is 13.5. The normalized spacial score (nSPS) is 10.5. The van der Waals surface area contributed by atoms with E-state index in [0.29, 0.717) is 24.6 Å². The van der Waals surface area contributed by atoms with Crippen LogP contribution in [-0.4, -0.2) is 53.6 Å². The number of nitro benzene ring substituents is 1. The summed E-state index contributed by atoms with van der Waals surface area (Å²) in [5, 5.41) is 13.1. The minimum absolute atomic E-state index is 0.151. The number of ether oxygens (including phenoxy) is 2. The number of methoxy groups -OCH3 is 1. The predicted octanol–water partition coefficient (Wildman–Crippen LogP) is 2.91. The number of hydrogen-bond acceptors (Lipinski definition) is 8. The molecule has 0 aliphatic rings. The summed E-state index contributed by atoms with van der Waals surface area (Å²) in [5.41, 5.74) is 0.261. The standard InChI is InChI=1S/C18H21N3O6S/c1-3-27-18(23)15-12-28-16(19-15)11-20(8-5-9-26-2)17(22)13-6-4-7-14(10-13)21(24)25/h4,6-7,10,12H,3,5,8-9,11H2,1-2H3. The van der Waals surface area contributed by atoms with Crippen LogP contribution in [0.4, 0.5) is 5.69 Å². The van der Waals surface area contributed by atoms with Crippen molar-refractivity contribution in [1.29, 1.82) is 0 Å². The highest BCUT2D eigenvalue weighted by Gasteiger charge is 2.20. The van der Waals surface area contributed by atoms with Crippen LogP contribution in [0, 0.1) is 10.1 Å². The van der Waals surface area contributed by atoms with E-state index in [9.17, 15) is 19.7 Å². The summed E-state index contributed by atoms with van der Waals surface area (Å²) in [6.45, 7) is 2.98. The summed E-state index contributed by atoms with van der Waals surface area (Å²) in [6.07, 6.45) is 0.591. The third-order valence-electron chi connectivity index (χ3n) is 3.73. The Morgan fingerprint density at radius 3 is 2.82 bits per heavy atom. The van der Waals surface area contributed by atoms with Gasteiger partial charge in [-0.3, -0.25) is 14.9 Å². The Kier molecular flexibility index (Phi) is 8.02. The summed E-state index contributed by atoms with van der Waals surface area (Å²) >= 11 is 1.25. The molecule has 1 amide bonds. The molecule has 2 rings (SSSR count). The van der Waals surface area contributed by atoms with Crippen molar-refractivity contribution in [3.05, 3.63) is 56.0 Å². The van der Waals surface area contributed by atoms with Crippen LogP contribution in [0.5, 0.6) is 0 Å². The molecule has 0 fully saturated rings. The highest BCUT2D eigenvalue weighted by molar-refractivity contribution is 7.09. The molecular weight excluding hydrogens is 386 g/mol. The molecule has 0 bridgehead atoms. The maximum absolute atomic E-state index is 12.9. The number of benzene rings is 1. The Balaban J connectivity index is 2.19. The number of esters is 1. The summed E-state index contributed by atoms with van der Waals surface area (Å²) in [7, 11) is 1.57. The third kappa shape index (κ3) is 5.83. The molecule has 150 valence electrons. The second kappa shape index (κ2) is 10.5. The number of aromatic nitrogens is 1. The Bertz CT molecular complexity index is 838. The molecule has 0 spiro atoms. The van der Waals surface area contributed by atoms with Gasteiger partial charge in [-0.15, -0.1) is 11.3 Å². The number of hydrogen-bond donors (Lipinski definition) is 0. The lowest BCUT2D eigenvalue weighted by molar-refractivity contribution is -0.384. The monoisotopic (exact) mass is 407 g/mol. The first kappa shape index (κ1) is 21.5. The smallest absolute Gasteiger partial charge is 0.357 e. The first-order valence-corrected chi connectivity index (χ1v) is 9.48. The van der Waals surface area contributed by atoms with Crippen molar-refractivity contribution in [2.75, 3.05) is 26.9 Å². The van der Waals surface area contributed by atoms with E-state index in [1.54, 1.807) is 19.4 Å². The molecule has 10 heteroatoms. The van der Waals surface area contributed by atoms with Gasteiger partial charge in [0.25, 0.3) is 11.6 Å². The van der Waals surface area contributed by atoms with Crippen LogP contribution in [0.3, 0.4) is 0 Å². The number of rotatable bonds is 10. The lowest BCUT2D eigenvalue weighted by atomic mass is 10.1. The van der Waals surface area contributed by atoms with Gasteiger partial charge in [-0.1, -0.05) is 6.07 Å². The van der Waals surface area contributed by atoms with Gasteiger partial charge in [0.1, 0.15) is 5.01 Å². The van der Waals surface area contributed by atoms with Crippen molar-refractivity contribution in [1.82, 2.24) is 9.88 Å². The average Bonchev–Trinajstić information content (AvgIpc) is 3.16. The molecule has 0 aliphatic carbocycles. The molecule has 1 heterocycles. The zero-order chi connectivity index (χ0) is 20.5. The third-order valence-corrected chi connectivity index (χ3v) is 4.56. The van der Waals surface area contributed by atoms with Crippen LogP contribution in [0.1, 0.15) is 39.2 Å². The van der Waals surface area contributed by atoms with E-state index >= 15 is 0 Å². The van der Waals surface area contributed by atoms with Crippen LogP contribution < -0.4 is 0 Å². The molecule has 0 N–H and O–H groups in total. The van der Waals surface area contributed by atoms with Crippen molar-refractivity contribution in [3.63, 3.8) is 0 Å². The zero-order valence-corrected chi connectivity index (χ0v) is 16.4. The van der Waals surface area contributed by atoms with Gasteiger partial charge in [-0.25, -0.2) is 9.78 Å². The second-order valence-corrected chi connectivity index (χ2v) is 6.67. The summed E-state index contributed by atoms with van der Waals surface area (Å²) < 4.78 is 9.96. The Morgan fingerprint density at radius 1 is 1.36 bits per heavy atom. The minimum Gasteiger partial charge on any atom is -0.461 e. The van der Waals surface area contributed by atoms with Crippen LogP contribution >= 0.6 is 11.3 Å². The van der Waals surface area contributed by atoms with Crippen LogP contribution in [0.25, 0.3) is 0 Å². The lowest BCUT2D eigenvalue weighted by Crippen LogP contribution is -2.32. The van der Waals surface area contributed by atoms with Crippen molar-refractivity contribution >= 4 is 28.9 Å². The van der Waals surface area contributed by atoms with E-state index in [2.05, 4.69) is 4.98 Å². The molecule has 0 aliphatic heterocycles. The molecule has 0 saturated heterocycles. The van der Waals surface area contributed by atoms with Gasteiger partial charge in [0.15, 0.2) is 5.69 Å². The largest absolute Gasteiger partial charge is 0.461 e. The molecule has 0 unspecified atom stereocenters. The number of non-ortho nitro benzene ring substituents is 1. The molecule has 28 heavy (non-hydrogen) atoms. The van der Waals surface area contributed by atoms with E-state index in [4.69, 9.17) is 9.47 Å². The van der Waals surface area contributed by atoms with Crippen LogP contribution in [0.2, 0.25) is 0 Å². The molecule has 0 radical (unpaired) electrons. The van der Waals surface area contributed by atoms with Crippen molar-refractivity contribution in [3.8, 4) is 0 Å². The number of carbonyl (C=O) groups excluding carboxylic acids is 2. The number of carbonyl (C=O) groups is 2. The Hall–Kier alpha value is -2.85. The van der Waals surface area contributed by atoms with Crippen molar-refractivity contribution in [2.24, 2.45) is 0 Å². The van der Waals surface area contributed by atoms with Crippen molar-refractivity contribution < 1.29 is 24.0 Å². The zero-order valence-electron chi connectivity index (χ0n) is 15.6. The quantitative estimate of drug-likeness (QED) is 0.258. The number of amides is 1. The second-order valence-electron chi connectivity index (χ2n) is 5.73. The van der Waals surface area contributed by atoms with E-state index in [1.807, 2.05) is 0 Å². The van der Waals surface area contributed by atoms with Gasteiger partial charge in [0, 0.05) is 43.3 Å². The molecule has 2 aromatic rings. The molecule has 9 nitrogen and oxygen atoms in total. The summed E-state index contributed by atoms with van der Waals surface area (Å²) in [5.74, 6) is -0.867. The first-order valence-electron chi connectivity index (χ1n) is 8.60. The topological polar surface area (TPSA) is 112 Å². The summed E-state index contributed by atoms with van der Waals surface area (Å²) in [4.78, 5) is 40.9. The SMILES string of the molecule is CCOC(=O)c1csc(CN(CCCOC)C(=O)c2cccc([N+](=O)[O-])c2)n1. The summed E-state index contributed by atoms with van der Waals surface area (Å²) in [6, 6.07) is 5.58. The fourth-order valence-electron chi connectivity index (χ4n) is 2.43. The minimum atomic E-state index is -0.543. The number of nitrogens with zero attached hydrogens (tertiary/aromatic N) is 3. The van der Waals surface area contributed by atoms with E-state index in [0.717, 1.165) is 0 Å². The van der Waals surface area contributed by atoms with Crippen molar-refractivity contribution in [2.45, 2.75) is 19.9 Å². The fraction of sp³-hybridized carbons (Fsp3) is 0.389. The van der Waals surface area contributed by atoms with Gasteiger partial charge in [0.05, 0.1) is 18.1 Å². The number of thiazole rings is 1. The highest BCUT2D eigenvalue weighted by atomic mass is 32.1. The van der Waals surface area contributed by atoms with E-state index in [1.165, 1.54) is 40.5 Å². The Labute approximate surface area is 166 Å². The van der Waals surface area contributed by atoms with Gasteiger partial charge >= 0.3 is 5.97 Å². The highest BCUT2D eigenvalue weighted by Crippen LogP contribution is 2.18. The number of nitro groups is 1. The van der Waals surface area contributed by atoms with E-state index in [-0.39, 0.29) is 36.0 Å². The van der Waals surface area contributed by atoms with E-state index < -0.39 is 10.9 Å². The van der Waals surface area contributed by atoms with Gasteiger partial charge < -0.3 is 14.4 Å². The predicted molar refractivity (Wildman–Crippen MR) is 102 cm³/mol. The van der Waals surface area contributed by atoms with Gasteiger partial charge in [-0.05, 0) is 19.4 Å². The fourth-order valence-corrected chi connectivity index (χ4v) is 3.21. The van der Waals surface area contributed by atoms with Gasteiger partial charge in [0.2, 0.25) is 0 Å². The molecular formula is C18H21N3O6S. The maximum atomic E-state index is 12.9. The molecule has 1 aromatic carbocycles. The molecule has 1 aromatic heterocycles. The Morgan fingerprint density at radius 2 is 2.14 bits per heavy atom. The lowest BCUT2D eigenvalue weighted by Gasteiger charge is -2.21. The molecule has 0 saturated carbocycles. The van der Waals surface area contributed by atoms with Gasteiger partial charge in [-0.2, -0.15) is 0 Å². The van der Waals surface area contributed by atoms with Crippen LogP contribution in [-0.2, 0) is 16.0 Å². The average molecular weight is 407 g/mol. The van der Waals surface area contributed by atoms with Crippen LogP contribution in [0.15, 0.2) is 29.6 Å². The maximum Gasteiger partial charge on any atom is 0.357 e.